The zero-order valence-electron chi connectivity index (χ0n) is 8.58. The molecule has 0 spiro atoms. The van der Waals surface area contributed by atoms with Crippen LogP contribution in [0.3, 0.4) is 0 Å². The Hall–Kier alpha value is -0.960. The summed E-state index contributed by atoms with van der Waals surface area (Å²) in [6.45, 7) is -0.346. The van der Waals surface area contributed by atoms with Gasteiger partial charge in [0, 0.05) is 6.42 Å². The summed E-state index contributed by atoms with van der Waals surface area (Å²) in [5.41, 5.74) is -0.768. The summed E-state index contributed by atoms with van der Waals surface area (Å²) in [6.07, 6.45) is -2.24. The van der Waals surface area contributed by atoms with Crippen LogP contribution in [-0.2, 0) is 4.74 Å². The lowest BCUT2D eigenvalue weighted by molar-refractivity contribution is -0.0486. The van der Waals surface area contributed by atoms with Gasteiger partial charge in [-0.25, -0.2) is 14.2 Å². The van der Waals surface area contributed by atoms with Crippen LogP contribution in [-0.4, -0.2) is 33.6 Å². The molecule has 2 N–H and O–H groups in total. The summed E-state index contributed by atoms with van der Waals surface area (Å²) in [5, 5.41) is 18.5. The second-order valence-electron chi connectivity index (χ2n) is 3.64. The highest BCUT2D eigenvalue weighted by Crippen LogP contribution is 2.29. The zero-order chi connectivity index (χ0) is 12.6. The van der Waals surface area contributed by atoms with Crippen LogP contribution in [0, 0.1) is 0 Å². The average Bonchev–Trinajstić information content (AvgIpc) is 2.57. The molecule has 94 valence electrons. The Labute approximate surface area is 103 Å². The molecule has 2 heterocycles. The van der Waals surface area contributed by atoms with Crippen LogP contribution in [0.4, 0.5) is 0 Å². The lowest BCUT2D eigenvalue weighted by Crippen LogP contribution is -2.29. The second-order valence-corrected chi connectivity index (χ2v) is 4.45. The molecule has 3 atom stereocenters. The molecule has 1 aromatic rings. The number of nitrogens with zero attached hydrogens (tertiary/aromatic N) is 1. The fourth-order valence-electron chi connectivity index (χ4n) is 1.71. The molecule has 17 heavy (non-hydrogen) atoms. The molecule has 1 aliphatic rings. The van der Waals surface area contributed by atoms with Crippen molar-refractivity contribution in [1.82, 2.24) is 4.57 Å². The maximum atomic E-state index is 11.5. The van der Waals surface area contributed by atoms with Crippen LogP contribution < -0.4 is 11.4 Å². The molecule has 1 aromatic heterocycles. The van der Waals surface area contributed by atoms with Gasteiger partial charge in [0.25, 0.3) is 0 Å². The number of hydrogen-bond donors (Lipinski definition) is 2. The maximum Gasteiger partial charge on any atom is 0.424 e. The molecule has 8 heteroatoms. The summed E-state index contributed by atoms with van der Waals surface area (Å²) in [7, 11) is 0. The minimum absolute atomic E-state index is 0.136. The van der Waals surface area contributed by atoms with Crippen molar-refractivity contribution in [1.29, 1.82) is 0 Å². The molecule has 0 bridgehead atoms. The van der Waals surface area contributed by atoms with Gasteiger partial charge >= 0.3 is 11.4 Å². The highest BCUT2D eigenvalue weighted by molar-refractivity contribution is 9.10. The lowest BCUT2D eigenvalue weighted by atomic mass is 10.2. The van der Waals surface area contributed by atoms with Crippen molar-refractivity contribution in [2.45, 2.75) is 24.9 Å². The van der Waals surface area contributed by atoms with Crippen molar-refractivity contribution in [3.8, 4) is 0 Å². The number of hydrogen-bond acceptors (Lipinski definition) is 6. The van der Waals surface area contributed by atoms with Crippen molar-refractivity contribution < 1.29 is 19.4 Å². The van der Waals surface area contributed by atoms with Crippen LogP contribution in [0.25, 0.3) is 0 Å². The highest BCUT2D eigenvalue weighted by atomic mass is 79.9. The van der Waals surface area contributed by atoms with Crippen molar-refractivity contribution in [3.63, 3.8) is 0 Å². The Morgan fingerprint density at radius 1 is 1.53 bits per heavy atom. The molecule has 7 nitrogen and oxygen atoms in total. The van der Waals surface area contributed by atoms with E-state index in [0.29, 0.717) is 0 Å². The molecular formula is C9H10BrNO6. The molecule has 0 saturated carbocycles. The normalized spacial score (nSPS) is 28.5. The number of aliphatic hydroxyl groups is 2. The fraction of sp³-hybridized carbons (Fsp3) is 0.556. The lowest BCUT2D eigenvalue weighted by Gasteiger charge is -2.14. The van der Waals surface area contributed by atoms with Crippen LogP contribution in [0.1, 0.15) is 12.6 Å². The van der Waals surface area contributed by atoms with E-state index in [1.807, 2.05) is 0 Å². The monoisotopic (exact) mass is 307 g/mol. The quantitative estimate of drug-likeness (QED) is 0.742. The third-order valence-electron chi connectivity index (χ3n) is 2.52. The van der Waals surface area contributed by atoms with Gasteiger partial charge in [-0.15, -0.1) is 0 Å². The van der Waals surface area contributed by atoms with Gasteiger partial charge in [-0.3, -0.25) is 0 Å². The molecule has 2 rings (SSSR count). The van der Waals surface area contributed by atoms with E-state index < -0.39 is 29.8 Å². The van der Waals surface area contributed by atoms with Crippen LogP contribution in [0.2, 0.25) is 0 Å². The van der Waals surface area contributed by atoms with Crippen LogP contribution in [0.5, 0.6) is 0 Å². The number of aromatic nitrogens is 1. The van der Waals surface area contributed by atoms with Crippen molar-refractivity contribution in [2.75, 3.05) is 6.61 Å². The van der Waals surface area contributed by atoms with E-state index in [9.17, 15) is 14.7 Å². The van der Waals surface area contributed by atoms with Gasteiger partial charge in [0.1, 0.15) is 16.9 Å². The van der Waals surface area contributed by atoms with Crippen molar-refractivity contribution >= 4 is 15.9 Å². The molecule has 1 aliphatic heterocycles. The molecule has 1 fully saturated rings. The van der Waals surface area contributed by atoms with Crippen LogP contribution >= 0.6 is 15.9 Å². The average molecular weight is 308 g/mol. The summed E-state index contributed by atoms with van der Waals surface area (Å²) in [4.78, 5) is 22.4. The van der Waals surface area contributed by atoms with Crippen LogP contribution in [0.15, 0.2) is 24.7 Å². The van der Waals surface area contributed by atoms with E-state index in [4.69, 9.17) is 9.84 Å². The van der Waals surface area contributed by atoms with E-state index in [1.165, 1.54) is 0 Å². The predicted octanol–water partition coefficient (Wildman–Crippen LogP) is -0.795. The molecular weight excluding hydrogens is 298 g/mol. The maximum absolute atomic E-state index is 11.5. The first kappa shape index (κ1) is 12.5. The van der Waals surface area contributed by atoms with Crippen molar-refractivity contribution in [3.05, 3.63) is 31.6 Å². The van der Waals surface area contributed by atoms with Gasteiger partial charge in [0.05, 0.1) is 18.8 Å². The largest absolute Gasteiger partial charge is 0.424 e. The standard InChI is InChI=1S/C9H10BrNO6/c10-6-2-8(14)17-9(15)11(6)7-1-4(13)5(3-12)16-7/h2,4-5,7,12-13H,1,3H2. The third-order valence-corrected chi connectivity index (χ3v) is 3.13. The Balaban J connectivity index is 2.37. The first-order chi connectivity index (χ1) is 8.02. The second kappa shape index (κ2) is 4.73. The summed E-state index contributed by atoms with van der Waals surface area (Å²) >= 11 is 3.05. The Kier molecular flexibility index (Phi) is 3.48. The molecule has 0 aliphatic carbocycles. The highest BCUT2D eigenvalue weighted by Gasteiger charge is 2.36. The smallest absolute Gasteiger partial charge is 0.394 e. The minimum Gasteiger partial charge on any atom is -0.394 e. The molecule has 1 saturated heterocycles. The van der Waals surface area contributed by atoms with Crippen molar-refractivity contribution in [2.24, 2.45) is 0 Å². The third kappa shape index (κ3) is 2.34. The topological polar surface area (TPSA) is 102 Å². The van der Waals surface area contributed by atoms with Gasteiger partial charge < -0.3 is 19.4 Å². The molecule has 0 amide bonds. The predicted molar refractivity (Wildman–Crippen MR) is 58.6 cm³/mol. The minimum atomic E-state index is -0.875. The first-order valence-electron chi connectivity index (χ1n) is 4.89. The number of aliphatic hydroxyl groups excluding tert-OH is 2. The van der Waals surface area contributed by atoms with Gasteiger partial charge in [0.15, 0.2) is 0 Å². The van der Waals surface area contributed by atoms with E-state index >= 15 is 0 Å². The number of ether oxygens (including phenoxy) is 1. The molecule has 0 radical (unpaired) electrons. The molecule has 3 unspecified atom stereocenters. The zero-order valence-corrected chi connectivity index (χ0v) is 10.2. The fourth-order valence-corrected chi connectivity index (χ4v) is 2.27. The number of rotatable bonds is 2. The summed E-state index contributed by atoms with van der Waals surface area (Å²) < 4.78 is 11.0. The summed E-state index contributed by atoms with van der Waals surface area (Å²) in [5.74, 6) is -0.875. The van der Waals surface area contributed by atoms with Gasteiger partial charge in [-0.2, -0.15) is 0 Å². The SMILES string of the molecule is O=c1cc(Br)n(C2CC(O)C(CO)O2)c(=O)o1. The van der Waals surface area contributed by atoms with Gasteiger partial charge in [0.2, 0.25) is 0 Å². The Morgan fingerprint density at radius 2 is 2.24 bits per heavy atom. The number of halogens is 1. The van der Waals surface area contributed by atoms with Gasteiger partial charge in [-0.1, -0.05) is 0 Å². The van der Waals surface area contributed by atoms with E-state index in [0.717, 1.165) is 10.6 Å². The Bertz CT molecular complexity index is 523. The van der Waals surface area contributed by atoms with E-state index in [2.05, 4.69) is 20.3 Å². The summed E-state index contributed by atoms with van der Waals surface area (Å²) in [6, 6.07) is 1.09. The van der Waals surface area contributed by atoms with Gasteiger partial charge in [-0.05, 0) is 15.9 Å². The first-order valence-corrected chi connectivity index (χ1v) is 5.69. The van der Waals surface area contributed by atoms with E-state index in [-0.39, 0.29) is 17.6 Å². The van der Waals surface area contributed by atoms with E-state index in [1.54, 1.807) is 0 Å². The Morgan fingerprint density at radius 3 is 2.76 bits per heavy atom. The molecule has 0 aromatic carbocycles.